The molecular weight excluding hydrogens is 246 g/mol. The van der Waals surface area contributed by atoms with Crippen molar-refractivity contribution in [1.29, 1.82) is 0 Å². The minimum atomic E-state index is -0.338. The van der Waals surface area contributed by atoms with E-state index >= 15 is 0 Å². The van der Waals surface area contributed by atoms with Crippen molar-refractivity contribution in [2.24, 2.45) is 0 Å². The SMILES string of the molecule is CCC(C)(NC(=O)CCCNC)c1nc(C)cs1. The summed E-state index contributed by atoms with van der Waals surface area (Å²) in [6.07, 6.45) is 2.26. The van der Waals surface area contributed by atoms with Crippen molar-refractivity contribution < 1.29 is 4.79 Å². The lowest BCUT2D eigenvalue weighted by atomic mass is 9.99. The molecule has 0 radical (unpaired) electrons. The van der Waals surface area contributed by atoms with Gasteiger partial charge in [0.25, 0.3) is 0 Å². The average molecular weight is 269 g/mol. The highest BCUT2D eigenvalue weighted by Gasteiger charge is 2.29. The van der Waals surface area contributed by atoms with E-state index in [1.54, 1.807) is 11.3 Å². The van der Waals surface area contributed by atoms with Crippen LogP contribution in [-0.4, -0.2) is 24.5 Å². The molecule has 0 aromatic carbocycles. The van der Waals surface area contributed by atoms with Gasteiger partial charge in [0.1, 0.15) is 5.01 Å². The van der Waals surface area contributed by atoms with E-state index in [0.29, 0.717) is 6.42 Å². The standard InChI is InChI=1S/C13H23N3OS/c1-5-13(3,12-15-10(2)9-18-12)16-11(17)7-6-8-14-4/h9,14H,5-8H2,1-4H3,(H,16,17). The first-order chi connectivity index (χ1) is 8.51. The smallest absolute Gasteiger partial charge is 0.220 e. The monoisotopic (exact) mass is 269 g/mol. The fraction of sp³-hybridized carbons (Fsp3) is 0.692. The Hall–Kier alpha value is -0.940. The molecule has 4 nitrogen and oxygen atoms in total. The molecule has 2 N–H and O–H groups in total. The summed E-state index contributed by atoms with van der Waals surface area (Å²) >= 11 is 1.61. The highest BCUT2D eigenvalue weighted by Crippen LogP contribution is 2.27. The first-order valence-corrected chi connectivity index (χ1v) is 7.28. The number of rotatable bonds is 7. The topological polar surface area (TPSA) is 54.0 Å². The number of aryl methyl sites for hydroxylation is 1. The second-order valence-corrected chi connectivity index (χ2v) is 5.59. The van der Waals surface area contributed by atoms with Gasteiger partial charge in [-0.25, -0.2) is 4.98 Å². The molecule has 1 aromatic heterocycles. The third-order valence-electron chi connectivity index (χ3n) is 3.04. The third-order valence-corrected chi connectivity index (χ3v) is 4.27. The molecule has 0 saturated heterocycles. The summed E-state index contributed by atoms with van der Waals surface area (Å²) in [5.41, 5.74) is 0.675. The van der Waals surface area contributed by atoms with Crippen LogP contribution in [0.2, 0.25) is 0 Å². The molecule has 5 heteroatoms. The molecule has 0 aliphatic rings. The molecule has 0 aliphatic heterocycles. The number of aromatic nitrogens is 1. The second kappa shape index (κ2) is 6.85. The van der Waals surface area contributed by atoms with Gasteiger partial charge in [0.15, 0.2) is 0 Å². The van der Waals surface area contributed by atoms with Crippen molar-refractivity contribution in [3.8, 4) is 0 Å². The Morgan fingerprint density at radius 3 is 2.78 bits per heavy atom. The van der Waals surface area contributed by atoms with Crippen LogP contribution in [0.1, 0.15) is 43.8 Å². The quantitative estimate of drug-likeness (QED) is 0.746. The number of carbonyl (C=O) groups is 1. The maximum Gasteiger partial charge on any atom is 0.220 e. The second-order valence-electron chi connectivity index (χ2n) is 4.73. The molecule has 1 atom stereocenters. The normalized spacial score (nSPS) is 14.2. The number of hydrogen-bond acceptors (Lipinski definition) is 4. The number of carbonyl (C=O) groups excluding carboxylic acids is 1. The van der Waals surface area contributed by atoms with Crippen molar-refractivity contribution in [2.75, 3.05) is 13.6 Å². The van der Waals surface area contributed by atoms with E-state index in [1.165, 1.54) is 0 Å². The van der Waals surface area contributed by atoms with Crippen LogP contribution in [0.3, 0.4) is 0 Å². The van der Waals surface area contributed by atoms with E-state index in [4.69, 9.17) is 0 Å². The van der Waals surface area contributed by atoms with Crippen LogP contribution in [0.4, 0.5) is 0 Å². The molecular formula is C13H23N3OS. The van der Waals surface area contributed by atoms with Crippen LogP contribution in [0.5, 0.6) is 0 Å². The maximum atomic E-state index is 11.9. The molecule has 0 saturated carbocycles. The Labute approximate surface area is 113 Å². The van der Waals surface area contributed by atoms with E-state index in [-0.39, 0.29) is 11.4 Å². The van der Waals surface area contributed by atoms with Gasteiger partial charge in [-0.05, 0) is 40.3 Å². The molecule has 1 amide bonds. The number of nitrogens with zero attached hydrogens (tertiary/aromatic N) is 1. The first kappa shape index (κ1) is 15.1. The van der Waals surface area contributed by atoms with Crippen molar-refractivity contribution in [1.82, 2.24) is 15.6 Å². The van der Waals surface area contributed by atoms with Crippen molar-refractivity contribution in [3.05, 3.63) is 16.1 Å². The van der Waals surface area contributed by atoms with Gasteiger partial charge in [-0.2, -0.15) is 0 Å². The van der Waals surface area contributed by atoms with Crippen molar-refractivity contribution in [2.45, 2.75) is 45.6 Å². The van der Waals surface area contributed by atoms with E-state index < -0.39 is 0 Å². The van der Waals surface area contributed by atoms with E-state index in [1.807, 2.05) is 26.3 Å². The maximum absolute atomic E-state index is 11.9. The number of amides is 1. The Bertz CT molecular complexity index is 391. The number of hydrogen-bond donors (Lipinski definition) is 2. The van der Waals surface area contributed by atoms with Crippen LogP contribution >= 0.6 is 11.3 Å². The molecule has 102 valence electrons. The van der Waals surface area contributed by atoms with Gasteiger partial charge in [0.05, 0.1) is 5.54 Å². The highest BCUT2D eigenvalue weighted by atomic mass is 32.1. The summed E-state index contributed by atoms with van der Waals surface area (Å²) in [5.74, 6) is 0.0995. The van der Waals surface area contributed by atoms with Crippen molar-refractivity contribution in [3.63, 3.8) is 0 Å². The average Bonchev–Trinajstić information content (AvgIpc) is 2.76. The molecule has 1 rings (SSSR count). The van der Waals surface area contributed by atoms with Crippen LogP contribution in [0.25, 0.3) is 0 Å². The predicted molar refractivity (Wildman–Crippen MR) is 75.8 cm³/mol. The zero-order valence-corrected chi connectivity index (χ0v) is 12.5. The summed E-state index contributed by atoms with van der Waals surface area (Å²) in [6, 6.07) is 0. The largest absolute Gasteiger partial charge is 0.344 e. The molecule has 1 aromatic rings. The Morgan fingerprint density at radius 2 is 2.28 bits per heavy atom. The summed E-state index contributed by atoms with van der Waals surface area (Å²) in [4.78, 5) is 16.4. The Morgan fingerprint density at radius 1 is 1.56 bits per heavy atom. The van der Waals surface area contributed by atoms with Gasteiger partial charge in [-0.3, -0.25) is 4.79 Å². The van der Waals surface area contributed by atoms with E-state index in [2.05, 4.69) is 22.5 Å². The lowest BCUT2D eigenvalue weighted by molar-refractivity contribution is -0.123. The Kier molecular flexibility index (Phi) is 5.75. The predicted octanol–water partition coefficient (Wildman–Crippen LogP) is 2.19. The zero-order valence-electron chi connectivity index (χ0n) is 11.7. The summed E-state index contributed by atoms with van der Waals surface area (Å²) in [5, 5.41) is 9.17. The van der Waals surface area contributed by atoms with Gasteiger partial charge in [0.2, 0.25) is 5.91 Å². The lowest BCUT2D eigenvalue weighted by Gasteiger charge is -2.27. The van der Waals surface area contributed by atoms with Gasteiger partial charge in [-0.15, -0.1) is 11.3 Å². The first-order valence-electron chi connectivity index (χ1n) is 6.40. The highest BCUT2D eigenvalue weighted by molar-refractivity contribution is 7.09. The van der Waals surface area contributed by atoms with Crippen molar-refractivity contribution >= 4 is 17.2 Å². The Balaban J connectivity index is 2.62. The van der Waals surface area contributed by atoms with Gasteiger partial charge < -0.3 is 10.6 Å². The van der Waals surface area contributed by atoms with E-state index in [0.717, 1.165) is 30.1 Å². The molecule has 0 spiro atoms. The summed E-state index contributed by atoms with van der Waals surface area (Å²) < 4.78 is 0. The molecule has 0 fully saturated rings. The number of thiazole rings is 1. The lowest BCUT2D eigenvalue weighted by Crippen LogP contribution is -2.43. The summed E-state index contributed by atoms with van der Waals surface area (Å²) in [7, 11) is 1.90. The minimum absolute atomic E-state index is 0.0995. The molecule has 1 unspecified atom stereocenters. The minimum Gasteiger partial charge on any atom is -0.344 e. The van der Waals surface area contributed by atoms with Gasteiger partial charge in [-0.1, -0.05) is 6.92 Å². The fourth-order valence-electron chi connectivity index (χ4n) is 1.70. The van der Waals surface area contributed by atoms with Crippen LogP contribution in [-0.2, 0) is 10.3 Å². The zero-order chi connectivity index (χ0) is 13.6. The van der Waals surface area contributed by atoms with E-state index in [9.17, 15) is 4.79 Å². The fourth-order valence-corrected chi connectivity index (χ4v) is 2.68. The van der Waals surface area contributed by atoms with Crippen LogP contribution in [0.15, 0.2) is 5.38 Å². The van der Waals surface area contributed by atoms with Crippen LogP contribution < -0.4 is 10.6 Å². The molecule has 1 heterocycles. The van der Waals surface area contributed by atoms with Gasteiger partial charge in [0, 0.05) is 17.5 Å². The van der Waals surface area contributed by atoms with Gasteiger partial charge >= 0.3 is 0 Å². The third kappa shape index (κ3) is 4.07. The molecule has 18 heavy (non-hydrogen) atoms. The van der Waals surface area contributed by atoms with Crippen LogP contribution in [0, 0.1) is 6.92 Å². The summed E-state index contributed by atoms with van der Waals surface area (Å²) in [6.45, 7) is 6.96. The number of nitrogens with one attached hydrogen (secondary N) is 2. The molecule has 0 aliphatic carbocycles. The molecule has 0 bridgehead atoms.